The van der Waals surface area contributed by atoms with Crippen molar-refractivity contribution in [3.05, 3.63) is 65.2 Å². The summed E-state index contributed by atoms with van der Waals surface area (Å²) in [4.78, 5) is 27.6. The lowest BCUT2D eigenvalue weighted by Crippen LogP contribution is -2.35. The first-order valence-electron chi connectivity index (χ1n) is 9.00. The first kappa shape index (κ1) is 19.2. The second kappa shape index (κ2) is 8.85. The number of nitrogens with zero attached hydrogens (tertiary/aromatic N) is 1. The summed E-state index contributed by atoms with van der Waals surface area (Å²) >= 11 is 0. The molecule has 0 fully saturated rings. The van der Waals surface area contributed by atoms with Gasteiger partial charge in [-0.05, 0) is 60.9 Å². The molecule has 1 amide bonds. The number of carbonyl (C=O) groups is 2. The molecular weight excluding hydrogens is 356 g/mol. The molecule has 0 aromatic heterocycles. The molecule has 2 aromatic rings. The van der Waals surface area contributed by atoms with Gasteiger partial charge in [0.05, 0.1) is 0 Å². The van der Waals surface area contributed by atoms with Crippen LogP contribution in [0.1, 0.15) is 27.9 Å². The minimum Gasteiger partial charge on any atom is -0.478 e. The number of guanidine groups is 1. The summed E-state index contributed by atoms with van der Waals surface area (Å²) < 4.78 is 0. The summed E-state index contributed by atoms with van der Waals surface area (Å²) in [5.74, 6) is -0.512. The van der Waals surface area contributed by atoms with Crippen molar-refractivity contribution < 1.29 is 14.7 Å². The number of aliphatic carboxylic acids is 1. The van der Waals surface area contributed by atoms with E-state index in [1.807, 2.05) is 25.1 Å². The van der Waals surface area contributed by atoms with E-state index in [2.05, 4.69) is 20.9 Å². The fraction of sp³-hybridized carbons (Fsp3) is 0.190. The molecule has 0 radical (unpaired) electrons. The minimum atomic E-state index is -1.00. The molecule has 2 aromatic carbocycles. The quantitative estimate of drug-likeness (QED) is 0.599. The summed E-state index contributed by atoms with van der Waals surface area (Å²) in [5.41, 5.74) is 3.58. The SMILES string of the molecule is Cc1cc(/C=C/C(=O)O)ccc1NC(=O)c1cccc(NC2=NCCCN2)c1. The fourth-order valence-electron chi connectivity index (χ4n) is 2.78. The number of carboxylic acid groups (broad SMARTS) is 1. The topological polar surface area (TPSA) is 103 Å². The molecular formula is C21H22N4O3. The molecule has 3 rings (SSSR count). The molecule has 4 N–H and O–H groups in total. The maximum absolute atomic E-state index is 12.6. The Morgan fingerprint density at radius 3 is 2.79 bits per heavy atom. The molecule has 0 spiro atoms. The van der Waals surface area contributed by atoms with Gasteiger partial charge in [-0.2, -0.15) is 0 Å². The van der Waals surface area contributed by atoms with E-state index in [1.54, 1.807) is 24.3 Å². The molecule has 1 aliphatic heterocycles. The number of benzene rings is 2. The van der Waals surface area contributed by atoms with Gasteiger partial charge in [-0.15, -0.1) is 0 Å². The minimum absolute atomic E-state index is 0.223. The van der Waals surface area contributed by atoms with Crippen molar-refractivity contribution in [3.63, 3.8) is 0 Å². The maximum atomic E-state index is 12.6. The van der Waals surface area contributed by atoms with Gasteiger partial charge < -0.3 is 21.1 Å². The Labute approximate surface area is 163 Å². The number of aliphatic imine (C=N–C) groups is 1. The predicted octanol–water partition coefficient (Wildman–Crippen LogP) is 3.11. The molecule has 0 unspecified atom stereocenters. The van der Waals surface area contributed by atoms with Gasteiger partial charge in [-0.1, -0.05) is 12.1 Å². The number of anilines is 2. The van der Waals surface area contributed by atoms with E-state index in [-0.39, 0.29) is 5.91 Å². The summed E-state index contributed by atoms with van der Waals surface area (Å²) in [6, 6.07) is 12.5. The highest BCUT2D eigenvalue weighted by atomic mass is 16.4. The molecule has 28 heavy (non-hydrogen) atoms. The van der Waals surface area contributed by atoms with Crippen molar-refractivity contribution >= 4 is 35.3 Å². The third-order valence-electron chi connectivity index (χ3n) is 4.20. The fourth-order valence-corrected chi connectivity index (χ4v) is 2.78. The van der Waals surface area contributed by atoms with Crippen molar-refractivity contribution in [1.29, 1.82) is 0 Å². The predicted molar refractivity (Wildman–Crippen MR) is 111 cm³/mol. The average molecular weight is 378 g/mol. The van der Waals surface area contributed by atoms with Gasteiger partial charge in [0, 0.05) is 36.1 Å². The Bertz CT molecular complexity index is 950. The lowest BCUT2D eigenvalue weighted by atomic mass is 10.1. The summed E-state index contributed by atoms with van der Waals surface area (Å²) in [6.45, 7) is 3.52. The van der Waals surface area contributed by atoms with E-state index < -0.39 is 5.97 Å². The number of hydrogen-bond donors (Lipinski definition) is 4. The number of rotatable bonds is 5. The van der Waals surface area contributed by atoms with Crippen LogP contribution in [0.15, 0.2) is 53.5 Å². The molecule has 0 saturated heterocycles. The zero-order valence-electron chi connectivity index (χ0n) is 15.5. The van der Waals surface area contributed by atoms with Crippen LogP contribution in [0.25, 0.3) is 6.08 Å². The van der Waals surface area contributed by atoms with Gasteiger partial charge in [0.25, 0.3) is 5.91 Å². The number of hydrogen-bond acceptors (Lipinski definition) is 5. The van der Waals surface area contributed by atoms with Crippen LogP contribution in [0.2, 0.25) is 0 Å². The number of carbonyl (C=O) groups excluding carboxylic acids is 1. The van der Waals surface area contributed by atoms with E-state index in [0.29, 0.717) is 17.2 Å². The summed E-state index contributed by atoms with van der Waals surface area (Å²) in [5, 5.41) is 18.0. The van der Waals surface area contributed by atoms with Crippen LogP contribution in [0.4, 0.5) is 11.4 Å². The van der Waals surface area contributed by atoms with Crippen LogP contribution in [0, 0.1) is 6.92 Å². The van der Waals surface area contributed by atoms with E-state index in [4.69, 9.17) is 5.11 Å². The molecule has 144 valence electrons. The zero-order valence-corrected chi connectivity index (χ0v) is 15.5. The van der Waals surface area contributed by atoms with Crippen LogP contribution < -0.4 is 16.0 Å². The van der Waals surface area contributed by atoms with Gasteiger partial charge >= 0.3 is 5.97 Å². The first-order valence-corrected chi connectivity index (χ1v) is 9.00. The van der Waals surface area contributed by atoms with Crippen molar-refractivity contribution in [2.45, 2.75) is 13.3 Å². The third-order valence-corrected chi connectivity index (χ3v) is 4.20. The van der Waals surface area contributed by atoms with Crippen LogP contribution in [0.3, 0.4) is 0 Å². The number of amides is 1. The second-order valence-corrected chi connectivity index (χ2v) is 6.42. The van der Waals surface area contributed by atoms with E-state index in [0.717, 1.165) is 42.4 Å². The van der Waals surface area contributed by atoms with Gasteiger partial charge in [-0.25, -0.2) is 4.79 Å². The lowest BCUT2D eigenvalue weighted by Gasteiger charge is -2.16. The standard InChI is InChI=1S/C21H22N4O3/c1-14-12-15(7-9-19(26)27)6-8-18(14)25-20(28)16-4-2-5-17(13-16)24-21-22-10-3-11-23-21/h2,4-9,12-13H,3,10-11H2,1H3,(H,25,28)(H,26,27)(H2,22,23,24)/b9-7+. The van der Waals surface area contributed by atoms with Crippen molar-refractivity contribution in [2.75, 3.05) is 23.7 Å². The Hall–Kier alpha value is -3.61. The van der Waals surface area contributed by atoms with Crippen molar-refractivity contribution in [3.8, 4) is 0 Å². The maximum Gasteiger partial charge on any atom is 0.328 e. The van der Waals surface area contributed by atoms with Crippen LogP contribution in [-0.4, -0.2) is 36.0 Å². The van der Waals surface area contributed by atoms with Gasteiger partial charge in [0.15, 0.2) is 5.96 Å². The van der Waals surface area contributed by atoms with Crippen LogP contribution in [0.5, 0.6) is 0 Å². The molecule has 0 saturated carbocycles. The van der Waals surface area contributed by atoms with Gasteiger partial charge in [0.1, 0.15) is 0 Å². The molecule has 0 atom stereocenters. The Kier molecular flexibility index (Phi) is 6.06. The summed E-state index contributed by atoms with van der Waals surface area (Å²) in [6.07, 6.45) is 3.60. The smallest absolute Gasteiger partial charge is 0.328 e. The lowest BCUT2D eigenvalue weighted by molar-refractivity contribution is -0.131. The van der Waals surface area contributed by atoms with Crippen molar-refractivity contribution in [1.82, 2.24) is 5.32 Å². The highest BCUT2D eigenvalue weighted by Crippen LogP contribution is 2.19. The van der Waals surface area contributed by atoms with E-state index in [1.165, 1.54) is 6.08 Å². The molecule has 0 bridgehead atoms. The molecule has 7 heteroatoms. The largest absolute Gasteiger partial charge is 0.478 e. The first-order chi connectivity index (χ1) is 13.5. The Morgan fingerprint density at radius 2 is 2.07 bits per heavy atom. The number of aryl methyl sites for hydroxylation is 1. The highest BCUT2D eigenvalue weighted by Gasteiger charge is 2.10. The molecule has 1 heterocycles. The van der Waals surface area contributed by atoms with Gasteiger partial charge in [-0.3, -0.25) is 9.79 Å². The Morgan fingerprint density at radius 1 is 1.21 bits per heavy atom. The normalized spacial score (nSPS) is 13.5. The average Bonchev–Trinajstić information content (AvgIpc) is 2.69. The van der Waals surface area contributed by atoms with E-state index >= 15 is 0 Å². The second-order valence-electron chi connectivity index (χ2n) is 6.42. The van der Waals surface area contributed by atoms with E-state index in [9.17, 15) is 9.59 Å². The molecule has 7 nitrogen and oxygen atoms in total. The molecule has 0 aliphatic carbocycles. The van der Waals surface area contributed by atoms with Crippen LogP contribution >= 0.6 is 0 Å². The van der Waals surface area contributed by atoms with Crippen molar-refractivity contribution in [2.24, 2.45) is 4.99 Å². The number of nitrogens with one attached hydrogen (secondary N) is 3. The van der Waals surface area contributed by atoms with Crippen LogP contribution in [-0.2, 0) is 4.79 Å². The summed E-state index contributed by atoms with van der Waals surface area (Å²) in [7, 11) is 0. The highest BCUT2D eigenvalue weighted by molar-refractivity contribution is 6.06. The monoisotopic (exact) mass is 378 g/mol. The number of carboxylic acids is 1. The molecule has 1 aliphatic rings. The Balaban J connectivity index is 1.70. The zero-order chi connectivity index (χ0) is 19.9. The third kappa shape index (κ3) is 5.20. The van der Waals surface area contributed by atoms with Gasteiger partial charge in [0.2, 0.25) is 0 Å².